The van der Waals surface area contributed by atoms with Gasteiger partial charge < -0.3 is 14.6 Å². The summed E-state index contributed by atoms with van der Waals surface area (Å²) in [4.78, 5) is 33.2. The first-order valence-electron chi connectivity index (χ1n) is 9.82. The topological polar surface area (TPSA) is 86.1 Å². The summed E-state index contributed by atoms with van der Waals surface area (Å²) in [5.41, 5.74) is -1.39. The number of rotatable bonds is 6. The van der Waals surface area contributed by atoms with Gasteiger partial charge in [-0.1, -0.05) is 23.7 Å². The highest BCUT2D eigenvalue weighted by Gasteiger charge is 2.42. The standard InChI is InChI=1S/C23H16ClF3N4O3/c1-34-15-6-7-17-16(10-15)19(20(32)22(33)30-18-8-9-28-12-29-18)21(23(25,26)27)31(17)11-13-2-4-14(24)5-3-13/h2-10,12H,11H2,1H3,(H,28,29,30,33). The number of anilines is 1. The smallest absolute Gasteiger partial charge is 0.432 e. The average molecular weight is 489 g/mol. The molecule has 2 aromatic carbocycles. The second-order valence-corrected chi connectivity index (χ2v) is 7.63. The van der Waals surface area contributed by atoms with Crippen LogP contribution >= 0.6 is 11.6 Å². The number of carbonyl (C=O) groups excluding carboxylic acids is 2. The van der Waals surface area contributed by atoms with E-state index in [4.69, 9.17) is 16.3 Å². The second-order valence-electron chi connectivity index (χ2n) is 7.19. The minimum absolute atomic E-state index is 0.0237. The normalized spacial score (nSPS) is 11.4. The Morgan fingerprint density at radius 1 is 1.12 bits per heavy atom. The van der Waals surface area contributed by atoms with E-state index in [2.05, 4.69) is 15.3 Å². The molecule has 0 saturated carbocycles. The summed E-state index contributed by atoms with van der Waals surface area (Å²) in [5.74, 6) is -2.42. The molecule has 0 aliphatic heterocycles. The Bertz CT molecular complexity index is 1370. The summed E-state index contributed by atoms with van der Waals surface area (Å²) in [5, 5.41) is 2.58. The van der Waals surface area contributed by atoms with Gasteiger partial charge in [0.2, 0.25) is 0 Å². The number of nitrogens with zero attached hydrogens (tertiary/aromatic N) is 3. The van der Waals surface area contributed by atoms with Crippen molar-refractivity contribution in [3.63, 3.8) is 0 Å². The zero-order chi connectivity index (χ0) is 24.5. The third-order valence-corrected chi connectivity index (χ3v) is 5.30. The molecule has 11 heteroatoms. The van der Waals surface area contributed by atoms with Crippen LogP contribution in [0.25, 0.3) is 10.9 Å². The maximum atomic E-state index is 14.4. The van der Waals surface area contributed by atoms with Crippen LogP contribution in [0.2, 0.25) is 5.02 Å². The lowest BCUT2D eigenvalue weighted by molar-refractivity contribution is -0.143. The lowest BCUT2D eigenvalue weighted by Crippen LogP contribution is -2.26. The van der Waals surface area contributed by atoms with Crippen molar-refractivity contribution in [1.82, 2.24) is 14.5 Å². The number of nitrogens with one attached hydrogen (secondary N) is 1. The minimum atomic E-state index is -4.95. The fraction of sp³-hybridized carbons (Fsp3) is 0.130. The fourth-order valence-corrected chi connectivity index (χ4v) is 3.70. The molecule has 0 aliphatic carbocycles. The largest absolute Gasteiger partial charge is 0.497 e. The predicted octanol–water partition coefficient (Wildman–Crippen LogP) is 4.98. The molecule has 7 nitrogen and oxygen atoms in total. The van der Waals surface area contributed by atoms with Gasteiger partial charge in [-0.25, -0.2) is 9.97 Å². The zero-order valence-electron chi connectivity index (χ0n) is 17.6. The first kappa shape index (κ1) is 23.2. The van der Waals surface area contributed by atoms with Crippen molar-refractivity contribution in [2.45, 2.75) is 12.7 Å². The van der Waals surface area contributed by atoms with Gasteiger partial charge in [0.05, 0.1) is 12.7 Å². The summed E-state index contributed by atoms with van der Waals surface area (Å²) >= 11 is 5.90. The van der Waals surface area contributed by atoms with Gasteiger partial charge in [0, 0.05) is 28.7 Å². The monoisotopic (exact) mass is 488 g/mol. The Labute approximate surface area is 196 Å². The van der Waals surface area contributed by atoms with E-state index in [-0.39, 0.29) is 29.0 Å². The Morgan fingerprint density at radius 3 is 2.47 bits per heavy atom. The SMILES string of the molecule is COc1ccc2c(c1)c(C(=O)C(=O)Nc1ccncn1)c(C(F)(F)F)n2Cc1ccc(Cl)cc1. The maximum absolute atomic E-state index is 14.4. The van der Waals surface area contributed by atoms with Gasteiger partial charge >= 0.3 is 6.18 Å². The van der Waals surface area contributed by atoms with Crippen LogP contribution in [0.4, 0.5) is 19.0 Å². The van der Waals surface area contributed by atoms with Gasteiger partial charge in [-0.3, -0.25) is 9.59 Å². The molecule has 2 aromatic heterocycles. The summed E-state index contributed by atoms with van der Waals surface area (Å²) in [7, 11) is 1.35. The molecule has 4 rings (SSSR count). The molecule has 2 heterocycles. The van der Waals surface area contributed by atoms with E-state index >= 15 is 0 Å². The molecule has 1 N–H and O–H groups in total. The van der Waals surface area contributed by atoms with Crippen LogP contribution in [0.5, 0.6) is 5.75 Å². The molecule has 0 fully saturated rings. The quantitative estimate of drug-likeness (QED) is 0.305. The van der Waals surface area contributed by atoms with E-state index in [1.165, 1.54) is 37.6 Å². The second kappa shape index (κ2) is 9.14. The summed E-state index contributed by atoms with van der Waals surface area (Å²) in [6, 6.07) is 11.8. The molecule has 0 radical (unpaired) electrons. The van der Waals surface area contributed by atoms with Crippen LogP contribution in [0.15, 0.2) is 61.1 Å². The number of ether oxygens (including phenoxy) is 1. The van der Waals surface area contributed by atoms with E-state index in [1.807, 2.05) is 0 Å². The van der Waals surface area contributed by atoms with E-state index in [1.54, 1.807) is 24.3 Å². The van der Waals surface area contributed by atoms with Crippen LogP contribution in [0, 0.1) is 0 Å². The first-order chi connectivity index (χ1) is 16.2. The number of aromatic nitrogens is 3. The third-order valence-electron chi connectivity index (χ3n) is 5.05. The zero-order valence-corrected chi connectivity index (χ0v) is 18.3. The number of Topliss-reactive ketones (excluding diaryl/α,β-unsaturated/α-hetero) is 1. The molecule has 0 atom stereocenters. The summed E-state index contributed by atoms with van der Waals surface area (Å²) in [6.45, 7) is -0.213. The highest BCUT2D eigenvalue weighted by Crippen LogP contribution is 2.40. The maximum Gasteiger partial charge on any atom is 0.432 e. The number of halogens is 4. The molecule has 4 aromatic rings. The van der Waals surface area contributed by atoms with Crippen molar-refractivity contribution in [3.8, 4) is 5.75 Å². The first-order valence-corrected chi connectivity index (χ1v) is 10.2. The number of carbonyl (C=O) groups is 2. The molecule has 34 heavy (non-hydrogen) atoms. The number of amides is 1. The fourth-order valence-electron chi connectivity index (χ4n) is 3.57. The third kappa shape index (κ3) is 4.58. The van der Waals surface area contributed by atoms with Gasteiger partial charge in [0.25, 0.3) is 11.7 Å². The highest BCUT2D eigenvalue weighted by molar-refractivity contribution is 6.48. The number of hydrogen-bond donors (Lipinski definition) is 1. The van der Waals surface area contributed by atoms with Gasteiger partial charge in [-0.15, -0.1) is 0 Å². The molecule has 0 bridgehead atoms. The van der Waals surface area contributed by atoms with Gasteiger partial charge in [-0.2, -0.15) is 13.2 Å². The average Bonchev–Trinajstić information content (AvgIpc) is 3.14. The summed E-state index contributed by atoms with van der Waals surface area (Å²) < 4.78 is 49.2. The van der Waals surface area contributed by atoms with E-state index in [9.17, 15) is 22.8 Å². The van der Waals surface area contributed by atoms with Crippen LogP contribution in [0.3, 0.4) is 0 Å². The number of ketones is 1. The van der Waals surface area contributed by atoms with E-state index in [0.717, 1.165) is 10.9 Å². The Kier molecular flexibility index (Phi) is 6.25. The number of benzene rings is 2. The van der Waals surface area contributed by atoms with Crippen molar-refractivity contribution < 1.29 is 27.5 Å². The number of methoxy groups -OCH3 is 1. The highest BCUT2D eigenvalue weighted by atomic mass is 35.5. The molecule has 0 unspecified atom stereocenters. The lowest BCUT2D eigenvalue weighted by Gasteiger charge is -2.15. The molecule has 0 saturated heterocycles. The van der Waals surface area contributed by atoms with Crippen LogP contribution in [-0.4, -0.2) is 33.3 Å². The van der Waals surface area contributed by atoms with E-state index in [0.29, 0.717) is 10.6 Å². The Balaban J connectivity index is 1.90. The molecule has 1 amide bonds. The minimum Gasteiger partial charge on any atom is -0.497 e. The van der Waals surface area contributed by atoms with E-state index < -0.39 is 29.1 Å². The van der Waals surface area contributed by atoms with Gasteiger partial charge in [-0.05, 0) is 42.0 Å². The molecule has 0 aliphatic rings. The van der Waals surface area contributed by atoms with Crippen molar-refractivity contribution in [3.05, 3.63) is 82.9 Å². The molecule has 174 valence electrons. The van der Waals surface area contributed by atoms with Crippen molar-refractivity contribution in [2.75, 3.05) is 12.4 Å². The van der Waals surface area contributed by atoms with Crippen molar-refractivity contribution in [1.29, 1.82) is 0 Å². The van der Waals surface area contributed by atoms with Crippen molar-refractivity contribution in [2.24, 2.45) is 0 Å². The van der Waals surface area contributed by atoms with Crippen molar-refractivity contribution >= 4 is 40.0 Å². The van der Waals surface area contributed by atoms with Gasteiger partial charge in [0.15, 0.2) is 0 Å². The number of hydrogen-bond acceptors (Lipinski definition) is 5. The lowest BCUT2D eigenvalue weighted by atomic mass is 10.0. The Hall–Kier alpha value is -3.92. The molecular formula is C23H16ClF3N4O3. The Morgan fingerprint density at radius 2 is 1.85 bits per heavy atom. The predicted molar refractivity (Wildman–Crippen MR) is 119 cm³/mol. The van der Waals surface area contributed by atoms with Crippen LogP contribution < -0.4 is 10.1 Å². The molecular weight excluding hydrogens is 473 g/mol. The van der Waals surface area contributed by atoms with Gasteiger partial charge in [0.1, 0.15) is 23.6 Å². The molecule has 0 spiro atoms. The number of fused-ring (bicyclic) bond motifs is 1. The summed E-state index contributed by atoms with van der Waals surface area (Å²) in [6.07, 6.45) is -2.50. The van der Waals surface area contributed by atoms with Crippen LogP contribution in [0.1, 0.15) is 21.6 Å². The number of alkyl halides is 3. The van der Waals surface area contributed by atoms with Crippen LogP contribution in [-0.2, 0) is 17.5 Å².